The standard InChI is InChI=1S/C15H14ClNO2/c16-14-3-1-12(2-4-14)13(10-15(18)19)9-11-5-7-17-8-6-11/h1-8,13H,9-10H2,(H,18,19). The number of halogens is 1. The average Bonchev–Trinajstić information content (AvgIpc) is 2.39. The van der Waals surface area contributed by atoms with Gasteiger partial charge in [0.25, 0.3) is 0 Å². The zero-order valence-corrected chi connectivity index (χ0v) is 11.0. The van der Waals surface area contributed by atoms with Gasteiger partial charge in [0, 0.05) is 17.4 Å². The van der Waals surface area contributed by atoms with Crippen LogP contribution in [0, 0.1) is 0 Å². The summed E-state index contributed by atoms with van der Waals surface area (Å²) >= 11 is 5.86. The molecule has 19 heavy (non-hydrogen) atoms. The predicted octanol–water partition coefficient (Wildman–Crippen LogP) is 3.54. The summed E-state index contributed by atoms with van der Waals surface area (Å²) in [6.45, 7) is 0. The van der Waals surface area contributed by atoms with E-state index in [0.29, 0.717) is 11.4 Å². The van der Waals surface area contributed by atoms with Gasteiger partial charge in [0.15, 0.2) is 0 Å². The normalized spacial score (nSPS) is 12.1. The molecule has 1 aromatic heterocycles. The maximum Gasteiger partial charge on any atom is 0.303 e. The van der Waals surface area contributed by atoms with Crippen molar-refractivity contribution in [2.75, 3.05) is 0 Å². The summed E-state index contributed by atoms with van der Waals surface area (Å²) in [5, 5.41) is 9.69. The molecule has 1 atom stereocenters. The number of benzene rings is 1. The SMILES string of the molecule is O=C(O)CC(Cc1ccncc1)c1ccc(Cl)cc1. The molecule has 1 unspecified atom stereocenters. The van der Waals surface area contributed by atoms with E-state index < -0.39 is 5.97 Å². The molecule has 1 aromatic carbocycles. The molecule has 2 aromatic rings. The molecule has 0 spiro atoms. The Morgan fingerprint density at radius 1 is 1.16 bits per heavy atom. The molecule has 2 rings (SSSR count). The van der Waals surface area contributed by atoms with Crippen molar-refractivity contribution in [2.45, 2.75) is 18.8 Å². The van der Waals surface area contributed by atoms with Gasteiger partial charge in [-0.3, -0.25) is 9.78 Å². The number of pyridine rings is 1. The molecule has 0 bridgehead atoms. The van der Waals surface area contributed by atoms with Crippen molar-refractivity contribution in [3.63, 3.8) is 0 Å². The highest BCUT2D eigenvalue weighted by Gasteiger charge is 2.16. The maximum atomic E-state index is 11.0. The predicted molar refractivity (Wildman–Crippen MR) is 74.4 cm³/mol. The molecule has 98 valence electrons. The minimum atomic E-state index is -0.797. The minimum Gasteiger partial charge on any atom is -0.481 e. The largest absolute Gasteiger partial charge is 0.481 e. The van der Waals surface area contributed by atoms with E-state index in [2.05, 4.69) is 4.98 Å². The summed E-state index contributed by atoms with van der Waals surface area (Å²) in [7, 11) is 0. The minimum absolute atomic E-state index is 0.0582. The van der Waals surface area contributed by atoms with Gasteiger partial charge in [-0.05, 0) is 47.7 Å². The lowest BCUT2D eigenvalue weighted by atomic mass is 9.90. The highest BCUT2D eigenvalue weighted by molar-refractivity contribution is 6.30. The van der Waals surface area contributed by atoms with Crippen LogP contribution in [0.25, 0.3) is 0 Å². The lowest BCUT2D eigenvalue weighted by Gasteiger charge is -2.15. The van der Waals surface area contributed by atoms with Crippen molar-refractivity contribution in [2.24, 2.45) is 0 Å². The van der Waals surface area contributed by atoms with E-state index >= 15 is 0 Å². The van der Waals surface area contributed by atoms with Gasteiger partial charge in [0.1, 0.15) is 0 Å². The summed E-state index contributed by atoms with van der Waals surface area (Å²) in [6, 6.07) is 11.2. The number of aromatic nitrogens is 1. The van der Waals surface area contributed by atoms with Crippen LogP contribution in [-0.4, -0.2) is 16.1 Å². The van der Waals surface area contributed by atoms with Crippen LogP contribution in [0.15, 0.2) is 48.8 Å². The van der Waals surface area contributed by atoms with Crippen molar-refractivity contribution in [3.8, 4) is 0 Å². The molecule has 0 aliphatic carbocycles. The van der Waals surface area contributed by atoms with Gasteiger partial charge in [-0.25, -0.2) is 0 Å². The van der Waals surface area contributed by atoms with Crippen LogP contribution >= 0.6 is 11.6 Å². The fourth-order valence-corrected chi connectivity index (χ4v) is 2.18. The molecule has 0 saturated carbocycles. The lowest BCUT2D eigenvalue weighted by Crippen LogP contribution is -2.09. The molecule has 1 heterocycles. The Labute approximate surface area is 116 Å². The smallest absolute Gasteiger partial charge is 0.303 e. The van der Waals surface area contributed by atoms with E-state index in [4.69, 9.17) is 16.7 Å². The van der Waals surface area contributed by atoms with Crippen molar-refractivity contribution in [3.05, 3.63) is 64.9 Å². The Hall–Kier alpha value is -1.87. The summed E-state index contributed by atoms with van der Waals surface area (Å²) in [5.74, 6) is -0.855. The zero-order valence-electron chi connectivity index (χ0n) is 10.3. The van der Waals surface area contributed by atoms with Gasteiger partial charge in [-0.2, -0.15) is 0 Å². The first-order chi connectivity index (χ1) is 9.15. The second-order valence-electron chi connectivity index (χ2n) is 4.41. The highest BCUT2D eigenvalue weighted by atomic mass is 35.5. The van der Waals surface area contributed by atoms with Crippen molar-refractivity contribution >= 4 is 17.6 Å². The van der Waals surface area contributed by atoms with E-state index in [1.807, 2.05) is 24.3 Å². The number of rotatable bonds is 5. The molecular weight excluding hydrogens is 262 g/mol. The van der Waals surface area contributed by atoms with Crippen molar-refractivity contribution in [1.29, 1.82) is 0 Å². The van der Waals surface area contributed by atoms with Crippen LogP contribution < -0.4 is 0 Å². The van der Waals surface area contributed by atoms with Crippen molar-refractivity contribution < 1.29 is 9.90 Å². The third-order valence-electron chi connectivity index (χ3n) is 2.99. The number of nitrogens with zero attached hydrogens (tertiary/aromatic N) is 1. The van der Waals surface area contributed by atoms with Gasteiger partial charge in [-0.1, -0.05) is 23.7 Å². The fraction of sp³-hybridized carbons (Fsp3) is 0.200. The fourth-order valence-electron chi connectivity index (χ4n) is 2.06. The zero-order chi connectivity index (χ0) is 13.7. The molecular formula is C15H14ClNO2. The number of hydrogen-bond donors (Lipinski definition) is 1. The molecule has 0 aliphatic heterocycles. The number of carboxylic acids is 1. The Morgan fingerprint density at radius 3 is 2.37 bits per heavy atom. The van der Waals surface area contributed by atoms with Crippen LogP contribution in [0.1, 0.15) is 23.5 Å². The summed E-state index contributed by atoms with van der Waals surface area (Å²) in [4.78, 5) is 15.0. The monoisotopic (exact) mass is 275 g/mol. The maximum absolute atomic E-state index is 11.0. The van der Waals surface area contributed by atoms with E-state index in [-0.39, 0.29) is 12.3 Å². The van der Waals surface area contributed by atoms with Gasteiger partial charge < -0.3 is 5.11 Å². The molecule has 0 radical (unpaired) electrons. The van der Waals surface area contributed by atoms with Crippen LogP contribution in [0.2, 0.25) is 5.02 Å². The van der Waals surface area contributed by atoms with Gasteiger partial charge in [0.2, 0.25) is 0 Å². The van der Waals surface area contributed by atoms with E-state index in [0.717, 1.165) is 11.1 Å². The van der Waals surface area contributed by atoms with Crippen LogP contribution in [-0.2, 0) is 11.2 Å². The third-order valence-corrected chi connectivity index (χ3v) is 3.25. The van der Waals surface area contributed by atoms with E-state index in [9.17, 15) is 4.79 Å². The Bertz CT molecular complexity index is 540. The molecule has 0 saturated heterocycles. The lowest BCUT2D eigenvalue weighted by molar-refractivity contribution is -0.137. The molecule has 0 fully saturated rings. The number of hydrogen-bond acceptors (Lipinski definition) is 2. The van der Waals surface area contributed by atoms with Crippen LogP contribution in [0.3, 0.4) is 0 Å². The third kappa shape index (κ3) is 4.07. The second-order valence-corrected chi connectivity index (χ2v) is 4.84. The Morgan fingerprint density at radius 2 is 1.79 bits per heavy atom. The molecule has 0 amide bonds. The van der Waals surface area contributed by atoms with E-state index in [1.165, 1.54) is 0 Å². The summed E-state index contributed by atoms with van der Waals surface area (Å²) < 4.78 is 0. The summed E-state index contributed by atoms with van der Waals surface area (Å²) in [6.07, 6.45) is 4.21. The van der Waals surface area contributed by atoms with Crippen LogP contribution in [0.5, 0.6) is 0 Å². The average molecular weight is 276 g/mol. The second kappa shape index (κ2) is 6.34. The first-order valence-corrected chi connectivity index (χ1v) is 6.39. The van der Waals surface area contributed by atoms with Crippen molar-refractivity contribution in [1.82, 2.24) is 4.98 Å². The Balaban J connectivity index is 2.20. The number of aliphatic carboxylic acids is 1. The highest BCUT2D eigenvalue weighted by Crippen LogP contribution is 2.25. The van der Waals surface area contributed by atoms with Gasteiger partial charge in [-0.15, -0.1) is 0 Å². The van der Waals surface area contributed by atoms with Gasteiger partial charge >= 0.3 is 5.97 Å². The first-order valence-electron chi connectivity index (χ1n) is 6.01. The molecule has 0 aliphatic rings. The molecule has 3 nitrogen and oxygen atoms in total. The van der Waals surface area contributed by atoms with E-state index in [1.54, 1.807) is 24.5 Å². The molecule has 4 heteroatoms. The molecule has 1 N–H and O–H groups in total. The first kappa shape index (κ1) is 13.6. The number of carbonyl (C=O) groups is 1. The van der Waals surface area contributed by atoms with Gasteiger partial charge in [0.05, 0.1) is 6.42 Å². The Kier molecular flexibility index (Phi) is 4.53. The summed E-state index contributed by atoms with van der Waals surface area (Å²) in [5.41, 5.74) is 2.07. The topological polar surface area (TPSA) is 50.2 Å². The number of carboxylic acid groups (broad SMARTS) is 1. The van der Waals surface area contributed by atoms with Crippen LogP contribution in [0.4, 0.5) is 0 Å². The quantitative estimate of drug-likeness (QED) is 0.908.